The molecule has 0 aliphatic rings. The average molecular weight is 217 g/mol. The molecular weight excluding hydrogens is 198 g/mol. The highest BCUT2D eigenvalue weighted by atomic mass is 16.5. The van der Waals surface area contributed by atoms with E-state index in [1.165, 1.54) is 12.0 Å². The first kappa shape index (κ1) is 13.9. The molecule has 88 valence electrons. The maximum atomic E-state index is 11.7. The minimum absolute atomic E-state index is 0.178. The van der Waals surface area contributed by atoms with Crippen molar-refractivity contribution in [2.45, 2.75) is 26.4 Å². The molecule has 5 heteroatoms. The topological polar surface area (TPSA) is 66.8 Å². The van der Waals surface area contributed by atoms with Crippen LogP contribution in [0.4, 0.5) is 0 Å². The van der Waals surface area contributed by atoms with Gasteiger partial charge in [0, 0.05) is 14.1 Å². The summed E-state index contributed by atoms with van der Waals surface area (Å²) in [7, 11) is 4.46. The van der Waals surface area contributed by atoms with Gasteiger partial charge in [0.25, 0.3) is 0 Å². The summed E-state index contributed by atoms with van der Waals surface area (Å²) >= 11 is 0. The predicted octanol–water partition coefficient (Wildman–Crippen LogP) is 0.0248. The standard InChI is InChI=1S/C10H19NO4/c1-10(2,9(14)11(3)4)7(12)6-8(13)15-5/h7,12H,6H2,1-5H3/t7-/m0/s1. The SMILES string of the molecule is COC(=O)C[C@H](O)C(C)(C)C(=O)N(C)C. The fourth-order valence-corrected chi connectivity index (χ4v) is 1.22. The average Bonchev–Trinajstić information content (AvgIpc) is 2.15. The number of hydrogen-bond acceptors (Lipinski definition) is 4. The third-order valence-electron chi connectivity index (χ3n) is 2.38. The lowest BCUT2D eigenvalue weighted by atomic mass is 9.83. The molecule has 0 aliphatic carbocycles. The molecule has 0 radical (unpaired) electrons. The Kier molecular flexibility index (Phi) is 4.74. The summed E-state index contributed by atoms with van der Waals surface area (Å²) in [6.45, 7) is 3.20. The maximum Gasteiger partial charge on any atom is 0.308 e. The van der Waals surface area contributed by atoms with Crippen LogP contribution in [0.15, 0.2) is 0 Å². The van der Waals surface area contributed by atoms with Gasteiger partial charge in [-0.2, -0.15) is 0 Å². The lowest BCUT2D eigenvalue weighted by Crippen LogP contribution is -2.45. The first-order valence-corrected chi connectivity index (χ1v) is 4.70. The lowest BCUT2D eigenvalue weighted by Gasteiger charge is -2.31. The highest BCUT2D eigenvalue weighted by Crippen LogP contribution is 2.25. The van der Waals surface area contributed by atoms with E-state index in [1.807, 2.05) is 0 Å². The zero-order valence-corrected chi connectivity index (χ0v) is 9.90. The third-order valence-corrected chi connectivity index (χ3v) is 2.38. The van der Waals surface area contributed by atoms with Gasteiger partial charge in [0.1, 0.15) is 0 Å². The van der Waals surface area contributed by atoms with Crippen molar-refractivity contribution in [3.05, 3.63) is 0 Å². The molecule has 0 aromatic heterocycles. The van der Waals surface area contributed by atoms with E-state index in [2.05, 4.69) is 4.74 Å². The normalized spacial score (nSPS) is 13.2. The number of aliphatic hydroxyl groups excluding tert-OH is 1. The Morgan fingerprint density at radius 1 is 1.40 bits per heavy atom. The first-order valence-electron chi connectivity index (χ1n) is 4.70. The van der Waals surface area contributed by atoms with Gasteiger partial charge in [-0.1, -0.05) is 0 Å². The summed E-state index contributed by atoms with van der Waals surface area (Å²) in [5.74, 6) is -0.749. The Hall–Kier alpha value is -1.10. The molecule has 1 N–H and O–H groups in total. The number of aliphatic hydroxyl groups is 1. The Morgan fingerprint density at radius 2 is 1.87 bits per heavy atom. The molecule has 0 saturated heterocycles. The van der Waals surface area contributed by atoms with E-state index in [9.17, 15) is 14.7 Å². The minimum Gasteiger partial charge on any atom is -0.469 e. The van der Waals surface area contributed by atoms with Crippen molar-refractivity contribution in [1.29, 1.82) is 0 Å². The monoisotopic (exact) mass is 217 g/mol. The van der Waals surface area contributed by atoms with Crippen LogP contribution in [0.25, 0.3) is 0 Å². The first-order chi connectivity index (χ1) is 6.73. The molecule has 15 heavy (non-hydrogen) atoms. The minimum atomic E-state index is -1.04. The summed E-state index contributed by atoms with van der Waals surface area (Å²) in [4.78, 5) is 24.0. The molecule has 0 aromatic carbocycles. The molecule has 1 atom stereocenters. The number of hydrogen-bond donors (Lipinski definition) is 1. The van der Waals surface area contributed by atoms with E-state index in [0.717, 1.165) is 0 Å². The van der Waals surface area contributed by atoms with Crippen LogP contribution < -0.4 is 0 Å². The summed E-state index contributed by atoms with van der Waals surface area (Å²) in [6.07, 6.45) is -1.22. The van der Waals surface area contributed by atoms with E-state index < -0.39 is 17.5 Å². The largest absolute Gasteiger partial charge is 0.469 e. The van der Waals surface area contributed by atoms with Crippen LogP contribution >= 0.6 is 0 Å². The van der Waals surface area contributed by atoms with Gasteiger partial charge in [0.15, 0.2) is 0 Å². The second-order valence-electron chi connectivity index (χ2n) is 4.22. The zero-order valence-electron chi connectivity index (χ0n) is 9.90. The van der Waals surface area contributed by atoms with Gasteiger partial charge in [-0.15, -0.1) is 0 Å². The van der Waals surface area contributed by atoms with E-state index >= 15 is 0 Å². The number of rotatable bonds is 4. The molecule has 0 rings (SSSR count). The molecule has 0 heterocycles. The van der Waals surface area contributed by atoms with Crippen LogP contribution in [0, 0.1) is 5.41 Å². The van der Waals surface area contributed by atoms with Crippen molar-refractivity contribution in [3.8, 4) is 0 Å². The summed E-state index contributed by atoms with van der Waals surface area (Å²) < 4.78 is 4.43. The molecule has 0 aliphatic heterocycles. The Morgan fingerprint density at radius 3 is 2.20 bits per heavy atom. The second-order valence-corrected chi connectivity index (χ2v) is 4.22. The van der Waals surface area contributed by atoms with Gasteiger partial charge < -0.3 is 14.7 Å². The molecule has 1 amide bonds. The van der Waals surface area contributed by atoms with Crippen molar-refractivity contribution in [2.24, 2.45) is 5.41 Å². The molecular formula is C10H19NO4. The number of carbonyl (C=O) groups excluding carboxylic acids is 2. The van der Waals surface area contributed by atoms with E-state index in [-0.39, 0.29) is 12.3 Å². The highest BCUT2D eigenvalue weighted by Gasteiger charge is 2.38. The van der Waals surface area contributed by atoms with Gasteiger partial charge in [0.05, 0.1) is 25.0 Å². The van der Waals surface area contributed by atoms with Gasteiger partial charge in [-0.05, 0) is 13.8 Å². The fraction of sp³-hybridized carbons (Fsp3) is 0.800. The number of carbonyl (C=O) groups is 2. The molecule has 0 unspecified atom stereocenters. The number of amides is 1. The van der Waals surface area contributed by atoms with Gasteiger partial charge in [-0.3, -0.25) is 9.59 Å². The van der Waals surface area contributed by atoms with Crippen molar-refractivity contribution < 1.29 is 19.4 Å². The van der Waals surface area contributed by atoms with Crippen molar-refractivity contribution >= 4 is 11.9 Å². The van der Waals surface area contributed by atoms with Gasteiger partial charge >= 0.3 is 5.97 Å². The molecule has 0 saturated carbocycles. The zero-order chi connectivity index (χ0) is 12.2. The van der Waals surface area contributed by atoms with Crippen molar-refractivity contribution in [1.82, 2.24) is 4.90 Å². The van der Waals surface area contributed by atoms with Crippen molar-refractivity contribution in [2.75, 3.05) is 21.2 Å². The number of esters is 1. The van der Waals surface area contributed by atoms with Gasteiger partial charge in [-0.25, -0.2) is 0 Å². The quantitative estimate of drug-likeness (QED) is 0.674. The Bertz CT molecular complexity index is 248. The van der Waals surface area contributed by atoms with Gasteiger partial charge in [0.2, 0.25) is 5.91 Å². The number of methoxy groups -OCH3 is 1. The molecule has 0 spiro atoms. The summed E-state index contributed by atoms with van der Waals surface area (Å²) in [5, 5.41) is 9.75. The van der Waals surface area contributed by atoms with Crippen LogP contribution in [-0.2, 0) is 14.3 Å². The predicted molar refractivity (Wildman–Crippen MR) is 55.1 cm³/mol. The van der Waals surface area contributed by atoms with Crippen LogP contribution in [0.3, 0.4) is 0 Å². The molecule has 5 nitrogen and oxygen atoms in total. The lowest BCUT2D eigenvalue weighted by molar-refractivity contribution is -0.150. The molecule has 0 fully saturated rings. The third kappa shape index (κ3) is 3.51. The smallest absolute Gasteiger partial charge is 0.308 e. The van der Waals surface area contributed by atoms with Crippen LogP contribution in [-0.4, -0.2) is 49.2 Å². The number of ether oxygens (including phenoxy) is 1. The highest BCUT2D eigenvalue weighted by molar-refractivity contribution is 5.83. The van der Waals surface area contributed by atoms with E-state index in [4.69, 9.17) is 0 Å². The van der Waals surface area contributed by atoms with Crippen LogP contribution in [0.2, 0.25) is 0 Å². The summed E-state index contributed by atoms with van der Waals surface area (Å²) in [5.41, 5.74) is -0.988. The summed E-state index contributed by atoms with van der Waals surface area (Å²) in [6, 6.07) is 0. The molecule has 0 bridgehead atoms. The van der Waals surface area contributed by atoms with Crippen LogP contribution in [0.5, 0.6) is 0 Å². The molecule has 0 aromatic rings. The van der Waals surface area contributed by atoms with E-state index in [0.29, 0.717) is 0 Å². The fourth-order valence-electron chi connectivity index (χ4n) is 1.22. The van der Waals surface area contributed by atoms with Crippen molar-refractivity contribution in [3.63, 3.8) is 0 Å². The number of nitrogens with zero attached hydrogens (tertiary/aromatic N) is 1. The van der Waals surface area contributed by atoms with Crippen LogP contribution in [0.1, 0.15) is 20.3 Å². The Balaban J connectivity index is 4.58. The maximum absolute atomic E-state index is 11.7. The van der Waals surface area contributed by atoms with E-state index in [1.54, 1.807) is 27.9 Å². The second kappa shape index (κ2) is 5.11. The Labute approximate surface area is 90.0 Å².